The Labute approximate surface area is 150 Å². The van der Waals surface area contributed by atoms with Crippen LogP contribution in [-0.4, -0.2) is 42.1 Å². The molecule has 0 aromatic rings. The van der Waals surface area contributed by atoms with Crippen molar-refractivity contribution in [3.63, 3.8) is 0 Å². The van der Waals surface area contributed by atoms with Gasteiger partial charge >= 0.3 is 0 Å². The Balaban J connectivity index is 1.84. The van der Waals surface area contributed by atoms with Crippen LogP contribution in [0.4, 0.5) is 0 Å². The lowest BCUT2D eigenvalue weighted by Crippen LogP contribution is -2.32. The molecule has 0 radical (unpaired) electrons. The Hall–Kier alpha value is -0.670. The molecule has 1 aliphatic rings. The summed E-state index contributed by atoms with van der Waals surface area (Å²) in [5.41, 5.74) is 0. The van der Waals surface area contributed by atoms with Gasteiger partial charge in [0.2, 0.25) is 0 Å². The lowest BCUT2D eigenvalue weighted by Gasteiger charge is -2.21. The highest BCUT2D eigenvalue weighted by molar-refractivity contribution is 5.62. The van der Waals surface area contributed by atoms with Crippen molar-refractivity contribution in [2.24, 2.45) is 4.99 Å². The smallest absolute Gasteiger partial charge is 0.102 e. The van der Waals surface area contributed by atoms with Gasteiger partial charge in [-0.3, -0.25) is 9.89 Å². The second kappa shape index (κ2) is 15.8. The molecule has 0 aromatic carbocycles. The molecule has 140 valence electrons. The highest BCUT2D eigenvalue weighted by Gasteiger charge is 2.19. The topological polar surface area (TPSA) is 35.8 Å². The number of rotatable bonds is 16. The molecule has 0 aromatic heterocycles. The first-order chi connectivity index (χ1) is 11.9. The van der Waals surface area contributed by atoms with E-state index in [0.29, 0.717) is 6.17 Å². The van der Waals surface area contributed by atoms with Crippen LogP contribution in [0.5, 0.6) is 0 Å². The average Bonchev–Trinajstić information content (AvgIpc) is 3.03. The second-order valence-electron chi connectivity index (χ2n) is 7.05. The Morgan fingerprint density at radius 2 is 1.58 bits per heavy atom. The third kappa shape index (κ3) is 11.0. The van der Waals surface area contributed by atoms with E-state index in [9.17, 15) is 0 Å². The van der Waals surface area contributed by atoms with Crippen molar-refractivity contribution in [3.8, 4) is 0 Å². The fourth-order valence-corrected chi connectivity index (χ4v) is 3.34. The van der Waals surface area contributed by atoms with Crippen LogP contribution in [0.25, 0.3) is 0 Å². The van der Waals surface area contributed by atoms with E-state index in [-0.39, 0.29) is 6.61 Å². The molecular weight excluding hydrogens is 296 g/mol. The number of aliphatic imine (C=N–C) groups is 1. The van der Waals surface area contributed by atoms with E-state index >= 15 is 0 Å². The number of allylic oxidation sites excluding steroid dienone is 2. The van der Waals surface area contributed by atoms with Crippen LogP contribution in [0.3, 0.4) is 0 Å². The second-order valence-corrected chi connectivity index (χ2v) is 7.05. The summed E-state index contributed by atoms with van der Waals surface area (Å²) in [5, 5.41) is 9.03. The Morgan fingerprint density at radius 1 is 0.958 bits per heavy atom. The van der Waals surface area contributed by atoms with Crippen LogP contribution in [-0.2, 0) is 0 Å². The number of β-amino-alcohol motifs (C(OH)–C–C–N with tert-alkyl or cyclic N) is 1. The van der Waals surface area contributed by atoms with Crippen molar-refractivity contribution < 1.29 is 5.11 Å². The maximum Gasteiger partial charge on any atom is 0.102 e. The average molecular weight is 337 g/mol. The predicted molar refractivity (Wildman–Crippen MR) is 106 cm³/mol. The quantitative estimate of drug-likeness (QED) is 0.305. The van der Waals surface area contributed by atoms with Crippen molar-refractivity contribution >= 4 is 6.21 Å². The molecular formula is C21H40N2O. The fourth-order valence-electron chi connectivity index (χ4n) is 3.34. The molecule has 0 saturated carbocycles. The number of hydrogen-bond donors (Lipinski definition) is 1. The van der Waals surface area contributed by atoms with Gasteiger partial charge in [-0.1, -0.05) is 64.0 Å². The minimum absolute atomic E-state index is 0.237. The summed E-state index contributed by atoms with van der Waals surface area (Å²) in [7, 11) is 0. The van der Waals surface area contributed by atoms with Crippen LogP contribution in [0.15, 0.2) is 17.1 Å². The molecule has 1 rings (SSSR count). The molecule has 1 heterocycles. The summed E-state index contributed by atoms with van der Waals surface area (Å²) < 4.78 is 0. The monoisotopic (exact) mass is 336 g/mol. The summed E-state index contributed by atoms with van der Waals surface area (Å²) in [5.74, 6) is 0. The highest BCUT2D eigenvalue weighted by Crippen LogP contribution is 2.15. The molecule has 3 heteroatoms. The maximum absolute atomic E-state index is 9.03. The molecule has 0 bridgehead atoms. The number of unbranched alkanes of at least 4 members (excludes halogenated alkanes) is 10. The van der Waals surface area contributed by atoms with Gasteiger partial charge < -0.3 is 5.11 Å². The Kier molecular flexibility index (Phi) is 14.1. The van der Waals surface area contributed by atoms with Crippen molar-refractivity contribution in [2.45, 2.75) is 96.6 Å². The zero-order chi connectivity index (χ0) is 17.3. The number of aliphatic hydroxyl groups excluding tert-OH is 1. The first-order valence-electron chi connectivity index (χ1n) is 10.4. The van der Waals surface area contributed by atoms with Crippen molar-refractivity contribution in [3.05, 3.63) is 12.2 Å². The van der Waals surface area contributed by atoms with Gasteiger partial charge in [-0.15, -0.1) is 0 Å². The van der Waals surface area contributed by atoms with E-state index in [0.717, 1.165) is 19.5 Å². The molecule has 0 saturated heterocycles. The third-order valence-corrected chi connectivity index (χ3v) is 4.88. The van der Waals surface area contributed by atoms with E-state index in [1.165, 1.54) is 77.0 Å². The maximum atomic E-state index is 9.03. The molecule has 0 aliphatic carbocycles. The number of nitrogens with zero attached hydrogens (tertiary/aromatic N) is 2. The molecule has 1 N–H and O–H groups in total. The zero-order valence-corrected chi connectivity index (χ0v) is 16.0. The Morgan fingerprint density at radius 3 is 2.25 bits per heavy atom. The van der Waals surface area contributed by atoms with Crippen LogP contribution in [0, 0.1) is 0 Å². The molecule has 3 nitrogen and oxygen atoms in total. The number of hydrogen-bond acceptors (Lipinski definition) is 3. The summed E-state index contributed by atoms with van der Waals surface area (Å²) in [4.78, 5) is 6.77. The van der Waals surface area contributed by atoms with E-state index in [1.54, 1.807) is 0 Å². The SMILES string of the molecule is CCCCCCCCCC/C=C/CCCCC1N=CCN1CCO. The van der Waals surface area contributed by atoms with Crippen molar-refractivity contribution in [1.82, 2.24) is 4.90 Å². The normalized spacial score (nSPS) is 18.2. The molecule has 0 spiro atoms. The van der Waals surface area contributed by atoms with Gasteiger partial charge in [0, 0.05) is 19.3 Å². The first kappa shape index (κ1) is 21.4. The minimum Gasteiger partial charge on any atom is -0.395 e. The van der Waals surface area contributed by atoms with E-state index < -0.39 is 0 Å². The predicted octanol–water partition coefficient (Wildman–Crippen LogP) is 5.34. The molecule has 0 amide bonds. The van der Waals surface area contributed by atoms with Gasteiger partial charge in [0.15, 0.2) is 0 Å². The van der Waals surface area contributed by atoms with Crippen LogP contribution < -0.4 is 0 Å². The Bertz CT molecular complexity index is 328. The summed E-state index contributed by atoms with van der Waals surface area (Å²) in [6.07, 6.45) is 24.4. The summed E-state index contributed by atoms with van der Waals surface area (Å²) >= 11 is 0. The van der Waals surface area contributed by atoms with Crippen molar-refractivity contribution in [1.29, 1.82) is 0 Å². The fraction of sp³-hybridized carbons (Fsp3) is 0.857. The molecule has 24 heavy (non-hydrogen) atoms. The van der Waals surface area contributed by atoms with E-state index in [4.69, 9.17) is 5.11 Å². The zero-order valence-electron chi connectivity index (χ0n) is 16.0. The van der Waals surface area contributed by atoms with Crippen LogP contribution >= 0.6 is 0 Å². The highest BCUT2D eigenvalue weighted by atomic mass is 16.3. The number of aliphatic hydroxyl groups is 1. The first-order valence-corrected chi connectivity index (χ1v) is 10.4. The van der Waals surface area contributed by atoms with Crippen LogP contribution in [0.2, 0.25) is 0 Å². The van der Waals surface area contributed by atoms with Gasteiger partial charge in [0.1, 0.15) is 6.17 Å². The lowest BCUT2D eigenvalue weighted by atomic mass is 10.1. The summed E-state index contributed by atoms with van der Waals surface area (Å²) in [6, 6.07) is 0. The molecule has 1 atom stereocenters. The van der Waals surface area contributed by atoms with Gasteiger partial charge in [0.05, 0.1) is 6.61 Å². The van der Waals surface area contributed by atoms with E-state index in [1.807, 2.05) is 6.21 Å². The third-order valence-electron chi connectivity index (χ3n) is 4.88. The van der Waals surface area contributed by atoms with Gasteiger partial charge in [-0.05, 0) is 38.5 Å². The summed E-state index contributed by atoms with van der Waals surface area (Å²) in [6.45, 7) is 4.18. The lowest BCUT2D eigenvalue weighted by molar-refractivity contribution is 0.176. The molecule has 0 fully saturated rings. The standard InChI is InChI=1S/C21H40N2O/c1-2-3-4-5-6-7-8-9-10-11-12-13-14-15-16-21-22-17-18-23(21)19-20-24/h11-12,17,21,24H,2-10,13-16,18-20H2,1H3/b12-11+. The van der Waals surface area contributed by atoms with Gasteiger partial charge in [-0.25, -0.2) is 0 Å². The van der Waals surface area contributed by atoms with Crippen LogP contribution in [0.1, 0.15) is 90.4 Å². The molecule has 1 aliphatic heterocycles. The molecule has 1 unspecified atom stereocenters. The minimum atomic E-state index is 0.237. The van der Waals surface area contributed by atoms with E-state index in [2.05, 4.69) is 29.0 Å². The largest absolute Gasteiger partial charge is 0.395 e. The van der Waals surface area contributed by atoms with Crippen molar-refractivity contribution in [2.75, 3.05) is 19.7 Å². The van der Waals surface area contributed by atoms with Gasteiger partial charge in [-0.2, -0.15) is 0 Å². The van der Waals surface area contributed by atoms with Gasteiger partial charge in [0.25, 0.3) is 0 Å².